The van der Waals surface area contributed by atoms with Gasteiger partial charge < -0.3 is 15.1 Å². The Kier molecular flexibility index (Phi) is 7.71. The SMILES string of the molecule is Cc1cccc(N2CCN(CCCCNC(=O)CCN3CCCC3=O)CC2)c1. The van der Waals surface area contributed by atoms with Crippen LogP contribution in [0, 0.1) is 6.92 Å². The highest BCUT2D eigenvalue weighted by Crippen LogP contribution is 2.17. The first-order valence-electron chi connectivity index (χ1n) is 10.7. The van der Waals surface area contributed by atoms with Gasteiger partial charge in [0.15, 0.2) is 0 Å². The second kappa shape index (κ2) is 10.5. The van der Waals surface area contributed by atoms with Crippen LogP contribution >= 0.6 is 0 Å². The zero-order valence-electron chi connectivity index (χ0n) is 17.2. The molecule has 0 saturated carbocycles. The molecule has 2 amide bonds. The lowest BCUT2D eigenvalue weighted by Gasteiger charge is -2.36. The molecule has 6 nitrogen and oxygen atoms in total. The fraction of sp³-hybridized carbons (Fsp3) is 0.636. The van der Waals surface area contributed by atoms with Crippen molar-refractivity contribution >= 4 is 17.5 Å². The summed E-state index contributed by atoms with van der Waals surface area (Å²) in [7, 11) is 0. The minimum absolute atomic E-state index is 0.0615. The fourth-order valence-corrected chi connectivity index (χ4v) is 4.01. The number of benzene rings is 1. The van der Waals surface area contributed by atoms with Crippen LogP contribution in [-0.4, -0.2) is 74.0 Å². The minimum Gasteiger partial charge on any atom is -0.369 e. The van der Waals surface area contributed by atoms with Gasteiger partial charge in [0, 0.05) is 64.3 Å². The number of piperazine rings is 1. The Bertz CT molecular complexity index is 656. The summed E-state index contributed by atoms with van der Waals surface area (Å²) in [6.07, 6.45) is 4.11. The molecule has 0 atom stereocenters. The highest BCUT2D eigenvalue weighted by molar-refractivity contribution is 5.80. The van der Waals surface area contributed by atoms with Crippen LogP contribution in [0.5, 0.6) is 0 Å². The number of hydrogen-bond acceptors (Lipinski definition) is 4. The predicted molar refractivity (Wildman–Crippen MR) is 113 cm³/mol. The van der Waals surface area contributed by atoms with Gasteiger partial charge in [0.1, 0.15) is 0 Å². The van der Waals surface area contributed by atoms with Crippen molar-refractivity contribution in [1.82, 2.24) is 15.1 Å². The summed E-state index contributed by atoms with van der Waals surface area (Å²) < 4.78 is 0. The summed E-state index contributed by atoms with van der Waals surface area (Å²) >= 11 is 0. The maximum atomic E-state index is 11.9. The minimum atomic E-state index is 0.0615. The summed E-state index contributed by atoms with van der Waals surface area (Å²) in [5.74, 6) is 0.252. The Balaban J connectivity index is 1.22. The molecule has 2 aliphatic heterocycles. The molecule has 2 heterocycles. The van der Waals surface area contributed by atoms with Crippen LogP contribution in [0.4, 0.5) is 5.69 Å². The van der Waals surface area contributed by atoms with Gasteiger partial charge in [-0.25, -0.2) is 0 Å². The number of carbonyl (C=O) groups excluding carboxylic acids is 2. The third-order valence-corrected chi connectivity index (χ3v) is 5.74. The lowest BCUT2D eigenvalue weighted by molar-refractivity contribution is -0.128. The van der Waals surface area contributed by atoms with E-state index in [4.69, 9.17) is 0 Å². The van der Waals surface area contributed by atoms with Crippen LogP contribution in [0.1, 0.15) is 37.7 Å². The highest BCUT2D eigenvalue weighted by atomic mass is 16.2. The molecule has 2 saturated heterocycles. The topological polar surface area (TPSA) is 55.9 Å². The van der Waals surface area contributed by atoms with Gasteiger partial charge in [-0.1, -0.05) is 12.1 Å². The van der Waals surface area contributed by atoms with Crippen molar-refractivity contribution in [3.8, 4) is 0 Å². The second-order valence-electron chi connectivity index (χ2n) is 7.96. The average molecular weight is 387 g/mol. The molecule has 1 aromatic rings. The number of nitrogens with zero attached hydrogens (tertiary/aromatic N) is 3. The Labute approximate surface area is 168 Å². The van der Waals surface area contributed by atoms with Gasteiger partial charge in [0.2, 0.25) is 11.8 Å². The molecule has 2 fully saturated rings. The highest BCUT2D eigenvalue weighted by Gasteiger charge is 2.20. The van der Waals surface area contributed by atoms with Gasteiger partial charge in [0.05, 0.1) is 0 Å². The molecular weight excluding hydrogens is 352 g/mol. The lowest BCUT2D eigenvalue weighted by atomic mass is 10.2. The summed E-state index contributed by atoms with van der Waals surface area (Å²) in [6.45, 7) is 9.71. The van der Waals surface area contributed by atoms with Gasteiger partial charge in [-0.3, -0.25) is 14.5 Å². The van der Waals surface area contributed by atoms with Gasteiger partial charge in [-0.2, -0.15) is 0 Å². The molecule has 0 spiro atoms. The van der Waals surface area contributed by atoms with Crippen LogP contribution < -0.4 is 10.2 Å². The normalized spacial score (nSPS) is 18.0. The third-order valence-electron chi connectivity index (χ3n) is 5.74. The number of carbonyl (C=O) groups is 2. The molecule has 6 heteroatoms. The number of rotatable bonds is 9. The second-order valence-corrected chi connectivity index (χ2v) is 7.96. The maximum absolute atomic E-state index is 11.9. The van der Waals surface area contributed by atoms with Gasteiger partial charge in [-0.15, -0.1) is 0 Å². The molecule has 3 rings (SSSR count). The zero-order valence-corrected chi connectivity index (χ0v) is 17.2. The quantitative estimate of drug-likeness (QED) is 0.660. The van der Waals surface area contributed by atoms with Crippen LogP contribution in [0.25, 0.3) is 0 Å². The number of aryl methyl sites for hydroxylation is 1. The van der Waals surface area contributed by atoms with E-state index in [0.29, 0.717) is 19.4 Å². The Hall–Kier alpha value is -2.08. The van der Waals surface area contributed by atoms with Crippen LogP contribution in [-0.2, 0) is 9.59 Å². The monoisotopic (exact) mass is 386 g/mol. The van der Waals surface area contributed by atoms with E-state index in [1.165, 1.54) is 11.3 Å². The number of hydrogen-bond donors (Lipinski definition) is 1. The molecule has 0 bridgehead atoms. The molecule has 0 aliphatic carbocycles. The van der Waals surface area contributed by atoms with Crippen LogP contribution in [0.3, 0.4) is 0 Å². The van der Waals surface area contributed by atoms with E-state index in [0.717, 1.165) is 65.1 Å². The number of likely N-dealkylation sites (tertiary alicyclic amines) is 1. The van der Waals surface area contributed by atoms with Crippen molar-refractivity contribution in [2.75, 3.05) is 57.3 Å². The molecule has 0 aromatic heterocycles. The van der Waals surface area contributed by atoms with E-state index in [1.807, 2.05) is 0 Å². The molecule has 1 aromatic carbocycles. The molecule has 1 N–H and O–H groups in total. The van der Waals surface area contributed by atoms with E-state index in [1.54, 1.807) is 4.90 Å². The van der Waals surface area contributed by atoms with Crippen molar-refractivity contribution in [2.45, 2.75) is 39.0 Å². The Morgan fingerprint density at radius 1 is 1.07 bits per heavy atom. The van der Waals surface area contributed by atoms with Gasteiger partial charge >= 0.3 is 0 Å². The number of anilines is 1. The van der Waals surface area contributed by atoms with Crippen LogP contribution in [0.15, 0.2) is 24.3 Å². The number of amides is 2. The molecule has 28 heavy (non-hydrogen) atoms. The van der Waals surface area contributed by atoms with E-state index in [2.05, 4.69) is 46.3 Å². The Morgan fingerprint density at radius 3 is 2.61 bits per heavy atom. The first kappa shape index (κ1) is 20.6. The summed E-state index contributed by atoms with van der Waals surface area (Å²) in [5.41, 5.74) is 2.65. The largest absolute Gasteiger partial charge is 0.369 e. The summed E-state index contributed by atoms with van der Waals surface area (Å²) in [5, 5.41) is 2.99. The smallest absolute Gasteiger partial charge is 0.222 e. The van der Waals surface area contributed by atoms with Crippen molar-refractivity contribution in [3.63, 3.8) is 0 Å². The molecule has 0 unspecified atom stereocenters. The van der Waals surface area contributed by atoms with E-state index in [9.17, 15) is 9.59 Å². The van der Waals surface area contributed by atoms with Gasteiger partial charge in [-0.05, 0) is 50.4 Å². The van der Waals surface area contributed by atoms with Crippen molar-refractivity contribution < 1.29 is 9.59 Å². The van der Waals surface area contributed by atoms with Crippen molar-refractivity contribution in [1.29, 1.82) is 0 Å². The summed E-state index contributed by atoms with van der Waals surface area (Å²) in [4.78, 5) is 30.2. The first-order chi connectivity index (χ1) is 13.6. The fourth-order valence-electron chi connectivity index (χ4n) is 4.01. The zero-order chi connectivity index (χ0) is 19.8. The summed E-state index contributed by atoms with van der Waals surface area (Å²) in [6, 6.07) is 8.74. The molecule has 154 valence electrons. The lowest BCUT2D eigenvalue weighted by Crippen LogP contribution is -2.46. The maximum Gasteiger partial charge on any atom is 0.222 e. The molecule has 0 radical (unpaired) electrons. The van der Waals surface area contributed by atoms with E-state index < -0.39 is 0 Å². The van der Waals surface area contributed by atoms with E-state index >= 15 is 0 Å². The van der Waals surface area contributed by atoms with Crippen molar-refractivity contribution in [3.05, 3.63) is 29.8 Å². The van der Waals surface area contributed by atoms with Crippen LogP contribution in [0.2, 0.25) is 0 Å². The van der Waals surface area contributed by atoms with Crippen molar-refractivity contribution in [2.24, 2.45) is 0 Å². The Morgan fingerprint density at radius 2 is 1.89 bits per heavy atom. The van der Waals surface area contributed by atoms with Gasteiger partial charge in [0.25, 0.3) is 0 Å². The van der Waals surface area contributed by atoms with E-state index in [-0.39, 0.29) is 11.8 Å². The standard InChI is InChI=1S/C22H34N4O2/c1-19-6-4-7-20(18-19)25-16-14-24(15-17-25)11-3-2-10-23-21(27)9-13-26-12-5-8-22(26)28/h4,6-7,18H,2-3,5,8-17H2,1H3,(H,23,27). The average Bonchev–Trinajstić information content (AvgIpc) is 3.11. The third kappa shape index (κ3) is 6.23. The number of unbranched alkanes of at least 4 members (excludes halogenated alkanes) is 1. The predicted octanol–water partition coefficient (Wildman–Crippen LogP) is 2.03. The molecular formula is C22H34N4O2. The first-order valence-corrected chi connectivity index (χ1v) is 10.7. The number of nitrogens with one attached hydrogen (secondary N) is 1. The molecule has 2 aliphatic rings.